The molecule has 0 aliphatic carbocycles. The molecule has 8 amide bonds. The number of phenols is 2. The molecule has 1 aliphatic heterocycles. The molecule has 0 spiro atoms. The minimum absolute atomic E-state index is 0.0154. The van der Waals surface area contributed by atoms with E-state index in [0.717, 1.165) is 0 Å². The molecule has 14 N–H and O–H groups in total. The summed E-state index contributed by atoms with van der Waals surface area (Å²) >= 11 is 0. The Morgan fingerprint density at radius 2 is 0.868 bits per heavy atom. The third-order valence-electron chi connectivity index (χ3n) is 10.7. The van der Waals surface area contributed by atoms with Crippen molar-refractivity contribution in [2.24, 2.45) is 11.5 Å². The molecule has 0 aromatic heterocycles. The van der Waals surface area contributed by atoms with Gasteiger partial charge in [-0.2, -0.15) is 0 Å². The highest BCUT2D eigenvalue weighted by Crippen LogP contribution is 2.13. The van der Waals surface area contributed by atoms with Crippen molar-refractivity contribution in [3.63, 3.8) is 0 Å². The zero-order chi connectivity index (χ0) is 49.0. The molecule has 0 unspecified atom stereocenters. The van der Waals surface area contributed by atoms with Crippen molar-refractivity contribution in [2.45, 2.75) is 74.8 Å². The van der Waals surface area contributed by atoms with Gasteiger partial charge in [-0.1, -0.05) is 97.1 Å². The number of hydrogen-bond donors (Lipinski definition) is 12. The van der Waals surface area contributed by atoms with Gasteiger partial charge < -0.3 is 53.6 Å². The second-order valence-electron chi connectivity index (χ2n) is 16.1. The molecule has 358 valence electrons. The Labute approximate surface area is 392 Å². The Morgan fingerprint density at radius 3 is 1.22 bits per heavy atom. The molecule has 1 heterocycles. The summed E-state index contributed by atoms with van der Waals surface area (Å²) in [5.74, 6) is -6.32. The quantitative estimate of drug-likeness (QED) is 0.0738. The number of nitrogens with two attached hydrogens (primary N) is 2. The Morgan fingerprint density at radius 1 is 0.515 bits per heavy atom. The summed E-state index contributed by atoms with van der Waals surface area (Å²) in [6.07, 6.45) is 2.56. The van der Waals surface area contributed by atoms with Crippen LogP contribution in [0.3, 0.4) is 0 Å². The van der Waals surface area contributed by atoms with Crippen molar-refractivity contribution < 1.29 is 48.6 Å². The van der Waals surface area contributed by atoms with Crippen molar-refractivity contribution in [1.29, 1.82) is 0 Å². The molecule has 0 radical (unpaired) electrons. The van der Waals surface area contributed by atoms with E-state index in [9.17, 15) is 48.6 Å². The highest BCUT2D eigenvalue weighted by molar-refractivity contribution is 5.96. The van der Waals surface area contributed by atoms with E-state index in [1.54, 1.807) is 84.9 Å². The number of amides is 8. The predicted molar refractivity (Wildman–Crippen MR) is 248 cm³/mol. The molecule has 20 heteroatoms. The van der Waals surface area contributed by atoms with E-state index in [2.05, 4.69) is 42.8 Å². The van der Waals surface area contributed by atoms with Crippen molar-refractivity contribution in [3.05, 3.63) is 144 Å². The summed E-state index contributed by atoms with van der Waals surface area (Å²) in [6, 6.07) is 21.9. The van der Waals surface area contributed by atoms with Crippen LogP contribution in [-0.4, -0.2) is 107 Å². The molecular weight excluding hydrogens is 877 g/mol. The minimum Gasteiger partial charge on any atom is -0.508 e. The number of phenolic OH excluding ortho intramolecular Hbond substituents is 2. The first-order valence-corrected chi connectivity index (χ1v) is 21.8. The van der Waals surface area contributed by atoms with Gasteiger partial charge in [-0.05, 0) is 72.2 Å². The normalized spacial score (nSPS) is 20.4. The van der Waals surface area contributed by atoms with E-state index < -0.39 is 96.6 Å². The largest absolute Gasteiger partial charge is 0.508 e. The van der Waals surface area contributed by atoms with Crippen molar-refractivity contribution in [3.8, 4) is 11.5 Å². The van der Waals surface area contributed by atoms with E-state index in [-0.39, 0.29) is 50.0 Å². The lowest BCUT2D eigenvalue weighted by atomic mass is 10.0. The minimum atomic E-state index is -1.33. The maximum atomic E-state index is 13.7. The van der Waals surface area contributed by atoms with Gasteiger partial charge in [0.05, 0.1) is 25.2 Å². The molecule has 0 saturated heterocycles. The van der Waals surface area contributed by atoms with Crippen molar-refractivity contribution in [2.75, 3.05) is 13.1 Å². The number of carbonyl (C=O) groups is 8. The fourth-order valence-electron chi connectivity index (χ4n) is 6.93. The first-order valence-electron chi connectivity index (χ1n) is 21.8. The number of carbonyl (C=O) groups excluding carboxylic acids is 8. The zero-order valence-corrected chi connectivity index (χ0v) is 37.0. The summed E-state index contributed by atoms with van der Waals surface area (Å²) in [5.41, 5.74) is 19.6. The van der Waals surface area contributed by atoms with Crippen LogP contribution in [0.2, 0.25) is 0 Å². The molecule has 6 atom stereocenters. The van der Waals surface area contributed by atoms with Crippen LogP contribution in [0.25, 0.3) is 0 Å². The average molecular weight is 933 g/mol. The third kappa shape index (κ3) is 16.7. The van der Waals surface area contributed by atoms with Crippen LogP contribution in [0.1, 0.15) is 35.1 Å². The molecule has 0 saturated carbocycles. The van der Waals surface area contributed by atoms with E-state index in [0.29, 0.717) is 22.3 Å². The number of aromatic hydroxyl groups is 2. The highest BCUT2D eigenvalue weighted by atomic mass is 16.3. The molecule has 1 aliphatic rings. The van der Waals surface area contributed by atoms with E-state index in [4.69, 9.17) is 11.5 Å². The van der Waals surface area contributed by atoms with Gasteiger partial charge in [0, 0.05) is 12.8 Å². The number of rotatable bonds is 12. The lowest BCUT2D eigenvalue weighted by Crippen LogP contribution is -2.59. The lowest BCUT2D eigenvalue weighted by Gasteiger charge is -2.23. The number of benzene rings is 4. The van der Waals surface area contributed by atoms with Gasteiger partial charge in [-0.15, -0.1) is 0 Å². The first-order chi connectivity index (χ1) is 32.6. The van der Waals surface area contributed by atoms with Gasteiger partial charge in [-0.25, -0.2) is 0 Å². The topological polar surface area (TPSA) is 325 Å². The molecule has 4 aromatic rings. The van der Waals surface area contributed by atoms with Crippen LogP contribution in [-0.2, 0) is 64.0 Å². The Kier molecular flexibility index (Phi) is 19.1. The summed E-state index contributed by atoms with van der Waals surface area (Å²) < 4.78 is 0. The lowest BCUT2D eigenvalue weighted by molar-refractivity contribution is -0.134. The zero-order valence-electron chi connectivity index (χ0n) is 37.0. The standard InChI is InChI=1S/C48H56N10O10/c49-35(23-31-15-19-33(59)20-16-31)43(63)55-37-13-7-8-14-38(56-44(64)36(50)24-32-17-21-34(60)22-18-32)46(66)52-28-42(62)54-40(26-30-11-5-2-6-12-30)48(68)58-57-47(67)39(25-29-9-3-1-4-10-29)53-41(61)27-51-45(37)65/h1-12,15-22,35-40,59-60H,13-14,23-28,49-50H2,(H,51,65)(H,52,66)(H,53,61)(H,54,62)(H,55,63)(H,56,64)(H,57,67)(H,58,68)/b8-7+/t35-,36-,37+,38+,39-,40-/m0/s1. The molecule has 0 bridgehead atoms. The predicted octanol–water partition coefficient (Wildman–Crippen LogP) is -1.31. The van der Waals surface area contributed by atoms with E-state index >= 15 is 0 Å². The second kappa shape index (κ2) is 25.6. The maximum Gasteiger partial charge on any atom is 0.261 e. The third-order valence-corrected chi connectivity index (χ3v) is 10.7. The molecule has 0 fully saturated rings. The van der Waals surface area contributed by atoms with Crippen molar-refractivity contribution >= 4 is 47.3 Å². The molecule has 5 rings (SSSR count). The van der Waals surface area contributed by atoms with Gasteiger partial charge in [0.15, 0.2) is 0 Å². The van der Waals surface area contributed by atoms with Gasteiger partial charge in [0.2, 0.25) is 35.4 Å². The van der Waals surface area contributed by atoms with E-state index in [1.165, 1.54) is 36.4 Å². The molecule has 20 nitrogen and oxygen atoms in total. The number of hydrazine groups is 1. The van der Waals surface area contributed by atoms with Crippen LogP contribution in [0.15, 0.2) is 121 Å². The molecule has 68 heavy (non-hydrogen) atoms. The molecule has 4 aromatic carbocycles. The Bertz CT molecular complexity index is 2240. The number of nitrogens with one attached hydrogen (secondary N) is 8. The first kappa shape index (κ1) is 50.9. The SMILES string of the molecule is N[C@@H](Cc1ccc(O)cc1)C(=O)N[C@@H]1C/C=C/C[C@@H](NC(=O)[C@@H](N)Cc2ccc(O)cc2)C(=O)NCC(=O)N[C@@H](Cc2ccccc2)C(=O)NNC(=O)[C@H](Cc2ccccc2)NC(=O)CNC1=O. The number of hydrogen-bond acceptors (Lipinski definition) is 12. The van der Waals surface area contributed by atoms with Crippen LogP contribution >= 0.6 is 0 Å². The van der Waals surface area contributed by atoms with Crippen LogP contribution < -0.4 is 54.2 Å². The second-order valence-corrected chi connectivity index (χ2v) is 16.1. The molecular formula is C48H56N10O10. The fourth-order valence-corrected chi connectivity index (χ4v) is 6.93. The Balaban J connectivity index is 1.40. The van der Waals surface area contributed by atoms with Crippen LogP contribution in [0, 0.1) is 0 Å². The van der Waals surface area contributed by atoms with Gasteiger partial charge >= 0.3 is 0 Å². The van der Waals surface area contributed by atoms with Gasteiger partial charge in [-0.3, -0.25) is 49.2 Å². The van der Waals surface area contributed by atoms with Crippen LogP contribution in [0.5, 0.6) is 11.5 Å². The van der Waals surface area contributed by atoms with E-state index in [1.807, 2.05) is 0 Å². The van der Waals surface area contributed by atoms with Crippen LogP contribution in [0.4, 0.5) is 0 Å². The van der Waals surface area contributed by atoms with Crippen molar-refractivity contribution in [1.82, 2.24) is 42.8 Å². The summed E-state index contributed by atoms with van der Waals surface area (Å²) in [7, 11) is 0. The van der Waals surface area contributed by atoms with Gasteiger partial charge in [0.25, 0.3) is 11.8 Å². The van der Waals surface area contributed by atoms with Gasteiger partial charge in [0.1, 0.15) is 35.7 Å². The summed E-state index contributed by atoms with van der Waals surface area (Å²) in [4.78, 5) is 108. The maximum absolute atomic E-state index is 13.7. The monoisotopic (exact) mass is 932 g/mol. The smallest absolute Gasteiger partial charge is 0.261 e. The summed E-state index contributed by atoms with van der Waals surface area (Å²) in [5, 5.41) is 34.6. The fraction of sp³-hybridized carbons (Fsp3) is 0.292. The highest BCUT2D eigenvalue weighted by Gasteiger charge is 2.29. The summed E-state index contributed by atoms with van der Waals surface area (Å²) in [6.45, 7) is -1.30. The average Bonchev–Trinajstić information content (AvgIpc) is 3.33. The Hall–Kier alpha value is -8.10.